The molecule has 0 bridgehead atoms. The van der Waals surface area contributed by atoms with Crippen molar-refractivity contribution < 1.29 is 22.8 Å². The summed E-state index contributed by atoms with van der Waals surface area (Å²) in [5.74, 6) is 0. The van der Waals surface area contributed by atoms with Crippen LogP contribution in [-0.4, -0.2) is 37.6 Å². The fourth-order valence-corrected chi connectivity index (χ4v) is 3.43. The maximum absolute atomic E-state index is 12.6. The van der Waals surface area contributed by atoms with Gasteiger partial charge in [0.1, 0.15) is 4.75 Å². The number of nitro benzene ring substituents is 1. The van der Waals surface area contributed by atoms with Crippen molar-refractivity contribution in [1.82, 2.24) is 0 Å². The van der Waals surface area contributed by atoms with Crippen LogP contribution in [0.1, 0.15) is 13.8 Å². The van der Waals surface area contributed by atoms with Crippen LogP contribution in [0.25, 0.3) is 0 Å². The third-order valence-corrected chi connectivity index (χ3v) is 5.71. The van der Waals surface area contributed by atoms with E-state index in [0.717, 1.165) is 0 Å². The minimum atomic E-state index is -3.74. The first-order valence-corrected chi connectivity index (χ1v) is 7.47. The highest BCUT2D eigenvalue weighted by molar-refractivity contribution is 7.92. The Morgan fingerprint density at radius 1 is 1.20 bits per heavy atom. The predicted molar refractivity (Wildman–Crippen MR) is 70.1 cm³/mol. The largest absolute Gasteiger partial charge is 0.349 e. The first-order chi connectivity index (χ1) is 9.26. The average molecular weight is 301 g/mol. The number of nitro groups is 1. The van der Waals surface area contributed by atoms with E-state index in [4.69, 9.17) is 9.47 Å². The second-order valence-electron chi connectivity index (χ2n) is 4.93. The fourth-order valence-electron chi connectivity index (χ4n) is 1.94. The van der Waals surface area contributed by atoms with Crippen LogP contribution in [0.2, 0.25) is 0 Å². The summed E-state index contributed by atoms with van der Waals surface area (Å²) in [6.45, 7) is 3.73. The molecule has 1 aliphatic rings. The molecule has 20 heavy (non-hydrogen) atoms. The zero-order valence-corrected chi connectivity index (χ0v) is 11.9. The molecule has 110 valence electrons. The highest BCUT2D eigenvalue weighted by Gasteiger charge is 2.46. The van der Waals surface area contributed by atoms with E-state index >= 15 is 0 Å². The fraction of sp³-hybridized carbons (Fsp3) is 0.500. The van der Waals surface area contributed by atoms with Crippen LogP contribution in [0.3, 0.4) is 0 Å². The van der Waals surface area contributed by atoms with Gasteiger partial charge in [-0.3, -0.25) is 10.1 Å². The lowest BCUT2D eigenvalue weighted by Gasteiger charge is -2.29. The third kappa shape index (κ3) is 2.41. The van der Waals surface area contributed by atoms with Crippen molar-refractivity contribution in [2.75, 3.05) is 13.2 Å². The molecule has 1 aromatic carbocycles. The van der Waals surface area contributed by atoms with Gasteiger partial charge in [0.2, 0.25) is 0 Å². The van der Waals surface area contributed by atoms with Crippen molar-refractivity contribution in [2.45, 2.75) is 29.8 Å². The molecule has 0 atom stereocenters. The zero-order valence-electron chi connectivity index (χ0n) is 11.1. The van der Waals surface area contributed by atoms with E-state index in [1.165, 1.54) is 38.1 Å². The number of nitrogens with zero attached hydrogens (tertiary/aromatic N) is 1. The normalized spacial score (nSPS) is 17.3. The number of sulfone groups is 1. The summed E-state index contributed by atoms with van der Waals surface area (Å²) in [5.41, 5.74) is -0.157. The van der Waals surface area contributed by atoms with Crippen molar-refractivity contribution in [2.24, 2.45) is 0 Å². The lowest BCUT2D eigenvalue weighted by atomic mass is 10.2. The Kier molecular flexibility index (Phi) is 3.81. The molecular weight excluding hydrogens is 286 g/mol. The first-order valence-electron chi connectivity index (χ1n) is 5.99. The second-order valence-corrected chi connectivity index (χ2v) is 7.46. The van der Waals surface area contributed by atoms with Gasteiger partial charge in [-0.1, -0.05) is 0 Å². The molecule has 0 saturated carbocycles. The molecule has 7 nitrogen and oxygen atoms in total. The lowest BCUT2D eigenvalue weighted by Crippen LogP contribution is -2.44. The van der Waals surface area contributed by atoms with Crippen LogP contribution in [0.15, 0.2) is 29.2 Å². The van der Waals surface area contributed by atoms with Gasteiger partial charge in [-0.25, -0.2) is 8.42 Å². The summed E-state index contributed by atoms with van der Waals surface area (Å²) in [6, 6.07) is 4.78. The summed E-state index contributed by atoms with van der Waals surface area (Å²) >= 11 is 0. The number of non-ortho nitro benzene ring substituents is 1. The van der Waals surface area contributed by atoms with Gasteiger partial charge in [-0.05, 0) is 26.0 Å². The molecule has 0 unspecified atom stereocenters. The Labute approximate surface area is 116 Å². The van der Waals surface area contributed by atoms with Crippen LogP contribution < -0.4 is 0 Å². The van der Waals surface area contributed by atoms with Gasteiger partial charge >= 0.3 is 0 Å². The van der Waals surface area contributed by atoms with E-state index < -0.39 is 25.8 Å². The smallest absolute Gasteiger partial charge is 0.269 e. The van der Waals surface area contributed by atoms with Crippen LogP contribution in [0.5, 0.6) is 0 Å². The predicted octanol–water partition coefficient (Wildman–Crippen LogP) is 1.52. The molecule has 1 aromatic rings. The highest BCUT2D eigenvalue weighted by Crippen LogP contribution is 2.33. The summed E-state index contributed by atoms with van der Waals surface area (Å²) < 4.78 is 34.5. The Bertz CT molecular complexity index is 601. The number of hydrogen-bond donors (Lipinski definition) is 0. The van der Waals surface area contributed by atoms with Crippen molar-refractivity contribution in [3.8, 4) is 0 Å². The Balaban J connectivity index is 2.36. The molecule has 0 radical (unpaired) electrons. The maximum Gasteiger partial charge on any atom is 0.269 e. The standard InChI is InChI=1S/C12H15NO6S/c1-12(2,11-18-7-8-19-11)20(16,17)10-5-3-9(4-6-10)13(14)15/h3-6,11H,7-8H2,1-2H3. The van der Waals surface area contributed by atoms with Gasteiger partial charge in [-0.2, -0.15) is 0 Å². The highest BCUT2D eigenvalue weighted by atomic mass is 32.2. The number of hydrogen-bond acceptors (Lipinski definition) is 6. The molecule has 1 saturated heterocycles. The molecule has 0 aromatic heterocycles. The molecule has 1 heterocycles. The molecule has 1 fully saturated rings. The molecule has 0 N–H and O–H groups in total. The molecule has 2 rings (SSSR count). The summed E-state index contributed by atoms with van der Waals surface area (Å²) in [7, 11) is -3.74. The van der Waals surface area contributed by atoms with Crippen LogP contribution in [-0.2, 0) is 19.3 Å². The number of benzene rings is 1. The monoisotopic (exact) mass is 301 g/mol. The summed E-state index contributed by atoms with van der Waals surface area (Å²) in [5, 5.41) is 10.6. The van der Waals surface area contributed by atoms with E-state index in [2.05, 4.69) is 0 Å². The van der Waals surface area contributed by atoms with Gasteiger partial charge in [0.25, 0.3) is 5.69 Å². The lowest BCUT2D eigenvalue weighted by molar-refractivity contribution is -0.384. The van der Waals surface area contributed by atoms with Crippen molar-refractivity contribution in [3.63, 3.8) is 0 Å². The molecule has 0 aliphatic carbocycles. The number of rotatable bonds is 4. The van der Waals surface area contributed by atoms with E-state index in [1.807, 2.05) is 0 Å². The zero-order chi connectivity index (χ0) is 15.0. The molecule has 0 amide bonds. The van der Waals surface area contributed by atoms with Gasteiger partial charge in [0, 0.05) is 12.1 Å². The van der Waals surface area contributed by atoms with Gasteiger partial charge < -0.3 is 9.47 Å². The topological polar surface area (TPSA) is 95.7 Å². The minimum Gasteiger partial charge on any atom is -0.349 e. The summed E-state index contributed by atoms with van der Waals surface area (Å²) in [4.78, 5) is 10.0. The van der Waals surface area contributed by atoms with Crippen molar-refractivity contribution in [3.05, 3.63) is 34.4 Å². The molecule has 8 heteroatoms. The maximum atomic E-state index is 12.6. The second kappa shape index (κ2) is 5.12. The molecule has 0 spiro atoms. The quantitative estimate of drug-likeness (QED) is 0.618. The van der Waals surface area contributed by atoms with E-state index in [0.29, 0.717) is 13.2 Å². The Morgan fingerprint density at radius 2 is 1.70 bits per heavy atom. The average Bonchev–Trinajstić information content (AvgIpc) is 2.93. The van der Waals surface area contributed by atoms with Crippen LogP contribution in [0.4, 0.5) is 5.69 Å². The van der Waals surface area contributed by atoms with Gasteiger partial charge in [-0.15, -0.1) is 0 Å². The molecular formula is C12H15NO6S. The third-order valence-electron chi connectivity index (χ3n) is 3.24. The van der Waals surface area contributed by atoms with Crippen LogP contribution in [0, 0.1) is 10.1 Å². The van der Waals surface area contributed by atoms with Crippen LogP contribution >= 0.6 is 0 Å². The van der Waals surface area contributed by atoms with Crippen molar-refractivity contribution >= 4 is 15.5 Å². The minimum absolute atomic E-state index is 0.00667. The van der Waals surface area contributed by atoms with Gasteiger partial charge in [0.05, 0.1) is 23.0 Å². The number of ether oxygens (including phenoxy) is 2. The Morgan fingerprint density at radius 3 is 2.15 bits per heavy atom. The first kappa shape index (κ1) is 14.9. The Hall–Kier alpha value is -1.51. The van der Waals surface area contributed by atoms with E-state index in [1.54, 1.807) is 0 Å². The van der Waals surface area contributed by atoms with Crippen molar-refractivity contribution in [1.29, 1.82) is 0 Å². The van der Waals surface area contributed by atoms with E-state index in [9.17, 15) is 18.5 Å². The molecule has 1 aliphatic heterocycles. The van der Waals surface area contributed by atoms with Gasteiger partial charge in [0.15, 0.2) is 16.1 Å². The van der Waals surface area contributed by atoms with E-state index in [-0.39, 0.29) is 10.6 Å². The summed E-state index contributed by atoms with van der Waals surface area (Å²) in [6.07, 6.45) is -0.845. The SMILES string of the molecule is CC(C)(C1OCCO1)S(=O)(=O)c1ccc([N+](=O)[O-])cc1.